The maximum Gasteiger partial charge on any atom is 0.408 e. The van der Waals surface area contributed by atoms with Gasteiger partial charge in [-0.2, -0.15) is 13.2 Å². The van der Waals surface area contributed by atoms with Gasteiger partial charge < -0.3 is 0 Å². The van der Waals surface area contributed by atoms with Crippen molar-refractivity contribution in [2.45, 2.75) is 13.1 Å². The molecule has 8 heteroatoms. The smallest absolute Gasteiger partial charge is 0.233 e. The molecule has 0 unspecified atom stereocenters. The van der Waals surface area contributed by atoms with Gasteiger partial charge in [0.15, 0.2) is 5.03 Å². The highest BCUT2D eigenvalue weighted by Crippen LogP contribution is 2.23. The van der Waals surface area contributed by atoms with Crippen LogP contribution in [-0.4, -0.2) is 34.4 Å². The van der Waals surface area contributed by atoms with Gasteiger partial charge in [0.05, 0.1) is 0 Å². The Labute approximate surface area is 77.5 Å². The Morgan fingerprint density at radius 2 is 2.21 bits per heavy atom. The van der Waals surface area contributed by atoms with Crippen LogP contribution in [0.2, 0.25) is 0 Å². The van der Waals surface area contributed by atoms with Crippen LogP contribution in [0.3, 0.4) is 0 Å². The predicted molar refractivity (Wildman–Crippen MR) is 40.2 cm³/mol. The standard InChI is InChI=1S/C6H8F3N3O2/c1-5-2-3-11(12(13)14)10(5)4-6(7,8)9/h2H,3-4H2,1H3. The molecule has 80 valence electrons. The quantitative estimate of drug-likeness (QED) is 0.508. The zero-order chi connectivity index (χ0) is 10.9. The van der Waals surface area contributed by atoms with Crippen LogP contribution >= 0.6 is 0 Å². The summed E-state index contributed by atoms with van der Waals surface area (Å²) in [6.07, 6.45) is -3.08. The molecule has 0 saturated heterocycles. The Morgan fingerprint density at radius 1 is 1.64 bits per heavy atom. The lowest BCUT2D eigenvalue weighted by Crippen LogP contribution is -2.45. The largest absolute Gasteiger partial charge is 0.408 e. The third kappa shape index (κ3) is 2.27. The van der Waals surface area contributed by atoms with Crippen molar-refractivity contribution in [3.8, 4) is 0 Å². The van der Waals surface area contributed by atoms with Gasteiger partial charge >= 0.3 is 6.18 Å². The van der Waals surface area contributed by atoms with Crippen LogP contribution in [0, 0.1) is 10.1 Å². The first kappa shape index (κ1) is 10.6. The van der Waals surface area contributed by atoms with Crippen LogP contribution in [-0.2, 0) is 0 Å². The molecule has 14 heavy (non-hydrogen) atoms. The number of halogens is 3. The number of hydrogen-bond donors (Lipinski definition) is 0. The molecule has 0 spiro atoms. The molecule has 1 aliphatic rings. The van der Waals surface area contributed by atoms with E-state index in [1.807, 2.05) is 0 Å². The van der Waals surface area contributed by atoms with E-state index in [0.717, 1.165) is 0 Å². The zero-order valence-corrected chi connectivity index (χ0v) is 7.28. The van der Waals surface area contributed by atoms with Gasteiger partial charge in [0.25, 0.3) is 0 Å². The van der Waals surface area contributed by atoms with Crippen molar-refractivity contribution < 1.29 is 18.2 Å². The van der Waals surface area contributed by atoms with Crippen molar-refractivity contribution in [1.29, 1.82) is 0 Å². The van der Waals surface area contributed by atoms with E-state index in [9.17, 15) is 23.3 Å². The van der Waals surface area contributed by atoms with E-state index in [1.165, 1.54) is 13.0 Å². The minimum atomic E-state index is -4.45. The van der Waals surface area contributed by atoms with Gasteiger partial charge in [-0.05, 0) is 18.1 Å². The first-order valence-electron chi connectivity index (χ1n) is 3.74. The number of alkyl halides is 3. The summed E-state index contributed by atoms with van der Waals surface area (Å²) in [5.41, 5.74) is 0.235. The van der Waals surface area contributed by atoms with Crippen LogP contribution in [0.15, 0.2) is 11.8 Å². The summed E-state index contributed by atoms with van der Waals surface area (Å²) in [5, 5.41) is 10.5. The SMILES string of the molecule is CC1=CCN([N+](=O)[O-])N1CC(F)(F)F. The molecule has 0 amide bonds. The third-order valence-corrected chi connectivity index (χ3v) is 1.75. The average Bonchev–Trinajstić information content (AvgIpc) is 2.29. The molecule has 0 aromatic carbocycles. The van der Waals surface area contributed by atoms with E-state index < -0.39 is 17.8 Å². The molecule has 0 aliphatic carbocycles. The lowest BCUT2D eigenvalue weighted by Gasteiger charge is -2.24. The van der Waals surface area contributed by atoms with E-state index in [-0.39, 0.29) is 12.2 Å². The van der Waals surface area contributed by atoms with Crippen LogP contribution in [0.25, 0.3) is 0 Å². The van der Waals surface area contributed by atoms with Crippen LogP contribution in [0.5, 0.6) is 0 Å². The Bertz CT molecular complexity index is 276. The van der Waals surface area contributed by atoms with Crippen LogP contribution < -0.4 is 0 Å². The highest BCUT2D eigenvalue weighted by atomic mass is 19.4. The molecule has 0 aromatic heterocycles. The van der Waals surface area contributed by atoms with Crippen molar-refractivity contribution in [3.05, 3.63) is 21.9 Å². The molecule has 0 fully saturated rings. The number of allylic oxidation sites excluding steroid dienone is 1. The van der Waals surface area contributed by atoms with Gasteiger partial charge in [-0.3, -0.25) is 0 Å². The maximum atomic E-state index is 12.0. The molecule has 0 saturated carbocycles. The number of nitro groups is 1. The summed E-state index contributed by atoms with van der Waals surface area (Å²) in [4.78, 5) is 10.3. The number of hydrogen-bond acceptors (Lipinski definition) is 3. The fourth-order valence-electron chi connectivity index (χ4n) is 1.13. The van der Waals surface area contributed by atoms with E-state index in [4.69, 9.17) is 0 Å². The van der Waals surface area contributed by atoms with E-state index in [2.05, 4.69) is 0 Å². The highest BCUT2D eigenvalue weighted by Gasteiger charge is 2.38. The molecular formula is C6H8F3N3O2. The van der Waals surface area contributed by atoms with Crippen LogP contribution in [0.4, 0.5) is 13.2 Å². The van der Waals surface area contributed by atoms with Gasteiger partial charge in [0.1, 0.15) is 13.1 Å². The first-order chi connectivity index (χ1) is 6.31. The number of rotatable bonds is 2. The molecule has 0 bridgehead atoms. The second kappa shape index (κ2) is 3.35. The summed E-state index contributed by atoms with van der Waals surface area (Å²) in [6, 6.07) is 0. The summed E-state index contributed by atoms with van der Waals surface area (Å²) in [6.45, 7) is -0.0690. The predicted octanol–water partition coefficient (Wildman–Crippen LogP) is 1.18. The zero-order valence-electron chi connectivity index (χ0n) is 7.28. The monoisotopic (exact) mass is 211 g/mol. The molecule has 1 rings (SSSR count). The number of hydrazine groups is 2. The Kier molecular flexibility index (Phi) is 2.54. The van der Waals surface area contributed by atoms with Crippen molar-refractivity contribution in [2.24, 2.45) is 0 Å². The van der Waals surface area contributed by atoms with Gasteiger partial charge in [-0.25, -0.2) is 15.1 Å². The second-order valence-corrected chi connectivity index (χ2v) is 2.81. The topological polar surface area (TPSA) is 49.6 Å². The Morgan fingerprint density at radius 3 is 2.64 bits per heavy atom. The van der Waals surface area contributed by atoms with Gasteiger partial charge in [0, 0.05) is 5.70 Å². The third-order valence-electron chi connectivity index (χ3n) is 1.75. The lowest BCUT2D eigenvalue weighted by atomic mass is 10.4. The fourth-order valence-corrected chi connectivity index (χ4v) is 1.13. The van der Waals surface area contributed by atoms with Crippen LogP contribution in [0.1, 0.15) is 6.92 Å². The fraction of sp³-hybridized carbons (Fsp3) is 0.667. The van der Waals surface area contributed by atoms with Crippen molar-refractivity contribution >= 4 is 0 Å². The molecule has 0 aromatic rings. The average molecular weight is 211 g/mol. The summed E-state index contributed by atoms with van der Waals surface area (Å²) in [7, 11) is 0. The van der Waals surface area contributed by atoms with Crippen molar-refractivity contribution in [3.63, 3.8) is 0 Å². The van der Waals surface area contributed by atoms with E-state index in [0.29, 0.717) is 10.1 Å². The molecule has 1 heterocycles. The summed E-state index contributed by atoms with van der Waals surface area (Å²) >= 11 is 0. The lowest BCUT2D eigenvalue weighted by molar-refractivity contribution is -0.692. The van der Waals surface area contributed by atoms with Gasteiger partial charge in [-0.15, -0.1) is 0 Å². The van der Waals surface area contributed by atoms with E-state index in [1.54, 1.807) is 0 Å². The van der Waals surface area contributed by atoms with Crippen molar-refractivity contribution in [1.82, 2.24) is 10.1 Å². The molecular weight excluding hydrogens is 203 g/mol. The van der Waals surface area contributed by atoms with Crippen molar-refractivity contribution in [2.75, 3.05) is 13.1 Å². The van der Waals surface area contributed by atoms with Gasteiger partial charge in [0.2, 0.25) is 0 Å². The highest BCUT2D eigenvalue weighted by molar-refractivity contribution is 5.02. The molecule has 1 aliphatic heterocycles. The maximum absolute atomic E-state index is 12.0. The normalized spacial score (nSPS) is 17.3. The van der Waals surface area contributed by atoms with E-state index >= 15 is 0 Å². The first-order valence-corrected chi connectivity index (χ1v) is 3.74. The second-order valence-electron chi connectivity index (χ2n) is 2.81. The molecule has 0 atom stereocenters. The Hall–Kier alpha value is -1.47. The molecule has 0 N–H and O–H groups in total. The summed E-state index contributed by atoms with van der Waals surface area (Å²) < 4.78 is 36.0. The summed E-state index contributed by atoms with van der Waals surface area (Å²) in [5.74, 6) is 0. The Balaban J connectivity index is 2.73. The minimum absolute atomic E-state index is 0.130. The number of nitrogens with zero attached hydrogens (tertiary/aromatic N) is 3. The molecule has 5 nitrogen and oxygen atoms in total. The minimum Gasteiger partial charge on any atom is -0.233 e. The molecule has 0 radical (unpaired) electrons. The van der Waals surface area contributed by atoms with Gasteiger partial charge in [-0.1, -0.05) is 0 Å².